The van der Waals surface area contributed by atoms with E-state index in [1.54, 1.807) is 25.8 Å². The summed E-state index contributed by atoms with van der Waals surface area (Å²) in [6.45, 7) is 10.2. The lowest BCUT2D eigenvalue weighted by atomic mass is 9.89. The molecule has 0 unspecified atom stereocenters. The molecule has 17 heavy (non-hydrogen) atoms. The van der Waals surface area contributed by atoms with Gasteiger partial charge in [-0.05, 0) is 25.7 Å². The van der Waals surface area contributed by atoms with E-state index in [4.69, 9.17) is 0 Å². The molecule has 4 heteroatoms. The Balaban J connectivity index is 4.55. The van der Waals surface area contributed by atoms with Crippen molar-refractivity contribution in [3.05, 3.63) is 0 Å². The number of carbonyl (C=O) groups excluding carboxylic acids is 2. The quantitative estimate of drug-likeness (QED) is 0.561. The van der Waals surface area contributed by atoms with Crippen LogP contribution in [0.1, 0.15) is 41.0 Å². The van der Waals surface area contributed by atoms with Crippen molar-refractivity contribution in [3.8, 4) is 0 Å². The molecule has 0 aromatic rings. The van der Waals surface area contributed by atoms with Crippen LogP contribution in [-0.2, 0) is 14.3 Å². The van der Waals surface area contributed by atoms with E-state index in [0.717, 1.165) is 6.42 Å². The summed E-state index contributed by atoms with van der Waals surface area (Å²) in [6, 6.07) is 0. The number of methoxy groups -OCH3 is 1. The highest BCUT2D eigenvalue weighted by atomic mass is 16.5. The van der Waals surface area contributed by atoms with Crippen LogP contribution in [0.2, 0.25) is 0 Å². The van der Waals surface area contributed by atoms with Gasteiger partial charge in [-0.25, -0.2) is 0 Å². The maximum absolute atomic E-state index is 12.1. The average Bonchev–Trinajstić information content (AvgIpc) is 2.22. The minimum atomic E-state index is -1.11. The molecule has 0 saturated carbocycles. The summed E-state index contributed by atoms with van der Waals surface area (Å²) in [5.41, 5.74) is -0.939. The lowest BCUT2D eigenvalue weighted by Crippen LogP contribution is -2.44. The zero-order valence-electron chi connectivity index (χ0n) is 12.1. The van der Waals surface area contributed by atoms with Gasteiger partial charge in [-0.3, -0.25) is 9.59 Å². The Kier molecular flexibility index (Phi) is 5.17. The lowest BCUT2D eigenvalue weighted by molar-refractivity contribution is -0.160. The molecule has 0 fully saturated rings. The minimum absolute atomic E-state index is 0.171. The number of hydrogen-bond acceptors (Lipinski definition) is 3. The predicted molar refractivity (Wildman–Crippen MR) is 67.5 cm³/mol. The molecule has 0 rings (SSSR count). The molecule has 0 heterocycles. The predicted octanol–water partition coefficient (Wildman–Crippen LogP) is 2.08. The normalized spacial score (nSPS) is 12.2. The van der Waals surface area contributed by atoms with Crippen LogP contribution in [0.5, 0.6) is 0 Å². The van der Waals surface area contributed by atoms with Gasteiger partial charge in [0.2, 0.25) is 5.91 Å². The van der Waals surface area contributed by atoms with Gasteiger partial charge in [0.1, 0.15) is 5.41 Å². The van der Waals surface area contributed by atoms with Gasteiger partial charge in [-0.2, -0.15) is 0 Å². The Morgan fingerprint density at radius 2 is 1.59 bits per heavy atom. The van der Waals surface area contributed by atoms with E-state index in [0.29, 0.717) is 6.54 Å². The third kappa shape index (κ3) is 4.75. The first kappa shape index (κ1) is 15.9. The van der Waals surface area contributed by atoms with E-state index < -0.39 is 11.4 Å². The number of carbonyl (C=O) groups is 2. The second-order valence-corrected chi connectivity index (χ2v) is 6.15. The van der Waals surface area contributed by atoms with Gasteiger partial charge in [0, 0.05) is 13.6 Å². The Morgan fingerprint density at radius 3 is 1.94 bits per heavy atom. The summed E-state index contributed by atoms with van der Waals surface area (Å²) in [6.07, 6.45) is 0.895. The molecule has 0 bridgehead atoms. The molecular formula is C13H25NO3. The van der Waals surface area contributed by atoms with E-state index >= 15 is 0 Å². The first-order valence-corrected chi connectivity index (χ1v) is 5.86. The van der Waals surface area contributed by atoms with E-state index in [9.17, 15) is 9.59 Å². The number of hydrogen-bond donors (Lipinski definition) is 0. The zero-order chi connectivity index (χ0) is 13.9. The van der Waals surface area contributed by atoms with Gasteiger partial charge in [-0.1, -0.05) is 20.8 Å². The molecule has 1 amide bonds. The van der Waals surface area contributed by atoms with Crippen molar-refractivity contribution >= 4 is 11.9 Å². The standard InChI is InChI=1S/C13H25NO3/c1-12(2,3)8-9-14(6)10(15)13(4,5)11(16)17-7/h8-9H2,1-7H3. The zero-order valence-corrected chi connectivity index (χ0v) is 12.1. The van der Waals surface area contributed by atoms with Crippen LogP contribution >= 0.6 is 0 Å². The van der Waals surface area contributed by atoms with Crippen molar-refractivity contribution in [1.29, 1.82) is 0 Å². The number of ether oxygens (including phenoxy) is 1. The fraction of sp³-hybridized carbons (Fsp3) is 0.846. The first-order chi connectivity index (χ1) is 7.52. The van der Waals surface area contributed by atoms with Gasteiger partial charge in [-0.15, -0.1) is 0 Å². The summed E-state index contributed by atoms with van der Waals surface area (Å²) < 4.78 is 4.65. The maximum atomic E-state index is 12.1. The topological polar surface area (TPSA) is 46.6 Å². The van der Waals surface area contributed by atoms with Crippen molar-refractivity contribution in [2.24, 2.45) is 10.8 Å². The molecule has 100 valence electrons. The molecule has 0 aliphatic carbocycles. The minimum Gasteiger partial charge on any atom is -0.468 e. The highest BCUT2D eigenvalue weighted by Crippen LogP contribution is 2.23. The third-order valence-corrected chi connectivity index (χ3v) is 2.77. The van der Waals surface area contributed by atoms with Crippen LogP contribution in [0, 0.1) is 10.8 Å². The van der Waals surface area contributed by atoms with Gasteiger partial charge in [0.15, 0.2) is 0 Å². The highest BCUT2D eigenvalue weighted by Gasteiger charge is 2.39. The number of rotatable bonds is 4. The van der Waals surface area contributed by atoms with E-state index in [2.05, 4.69) is 25.5 Å². The van der Waals surface area contributed by atoms with Crippen LogP contribution in [0.3, 0.4) is 0 Å². The second-order valence-electron chi connectivity index (χ2n) is 6.15. The second kappa shape index (κ2) is 5.52. The summed E-state index contributed by atoms with van der Waals surface area (Å²) >= 11 is 0. The fourth-order valence-corrected chi connectivity index (χ4v) is 1.42. The number of nitrogens with zero attached hydrogens (tertiary/aromatic N) is 1. The van der Waals surface area contributed by atoms with Crippen LogP contribution < -0.4 is 0 Å². The lowest BCUT2D eigenvalue weighted by Gasteiger charge is -2.29. The summed E-state index contributed by atoms with van der Waals surface area (Å²) in [5, 5.41) is 0. The molecule has 0 spiro atoms. The Bertz CT molecular complexity index is 290. The molecule has 0 aliphatic rings. The molecule has 0 radical (unpaired) electrons. The van der Waals surface area contributed by atoms with Gasteiger partial charge in [0.25, 0.3) is 0 Å². The van der Waals surface area contributed by atoms with Crippen molar-refractivity contribution in [3.63, 3.8) is 0 Å². The van der Waals surface area contributed by atoms with E-state index in [-0.39, 0.29) is 11.3 Å². The summed E-state index contributed by atoms with van der Waals surface area (Å²) in [4.78, 5) is 25.2. The van der Waals surface area contributed by atoms with Crippen LogP contribution in [0.15, 0.2) is 0 Å². The van der Waals surface area contributed by atoms with Crippen LogP contribution in [0.4, 0.5) is 0 Å². The SMILES string of the molecule is COC(=O)C(C)(C)C(=O)N(C)CCC(C)(C)C. The molecule has 0 saturated heterocycles. The van der Waals surface area contributed by atoms with E-state index in [1.807, 2.05) is 0 Å². The van der Waals surface area contributed by atoms with Crippen molar-refractivity contribution in [2.45, 2.75) is 41.0 Å². The van der Waals surface area contributed by atoms with Crippen molar-refractivity contribution in [2.75, 3.05) is 20.7 Å². The molecule has 0 aromatic carbocycles. The maximum Gasteiger partial charge on any atom is 0.320 e. The molecule has 0 N–H and O–H groups in total. The fourth-order valence-electron chi connectivity index (χ4n) is 1.42. The first-order valence-electron chi connectivity index (χ1n) is 5.86. The largest absolute Gasteiger partial charge is 0.468 e. The molecule has 0 atom stereocenters. The third-order valence-electron chi connectivity index (χ3n) is 2.77. The Morgan fingerprint density at radius 1 is 1.12 bits per heavy atom. The van der Waals surface area contributed by atoms with Crippen LogP contribution in [-0.4, -0.2) is 37.5 Å². The number of amides is 1. The van der Waals surface area contributed by atoms with Gasteiger partial charge >= 0.3 is 5.97 Å². The Hall–Kier alpha value is -1.06. The molecular weight excluding hydrogens is 218 g/mol. The highest BCUT2D eigenvalue weighted by molar-refractivity contribution is 6.01. The van der Waals surface area contributed by atoms with Crippen molar-refractivity contribution in [1.82, 2.24) is 4.90 Å². The molecule has 4 nitrogen and oxygen atoms in total. The van der Waals surface area contributed by atoms with Gasteiger partial charge in [0.05, 0.1) is 7.11 Å². The summed E-state index contributed by atoms with van der Waals surface area (Å²) in [7, 11) is 3.02. The van der Waals surface area contributed by atoms with E-state index in [1.165, 1.54) is 7.11 Å². The Labute approximate surface area is 104 Å². The van der Waals surface area contributed by atoms with Crippen molar-refractivity contribution < 1.29 is 14.3 Å². The molecule has 0 aromatic heterocycles. The molecule has 0 aliphatic heterocycles. The smallest absolute Gasteiger partial charge is 0.320 e. The monoisotopic (exact) mass is 243 g/mol. The van der Waals surface area contributed by atoms with Gasteiger partial charge < -0.3 is 9.64 Å². The summed E-state index contributed by atoms with van der Waals surface area (Å²) in [5.74, 6) is -0.696. The average molecular weight is 243 g/mol. The van der Waals surface area contributed by atoms with Crippen LogP contribution in [0.25, 0.3) is 0 Å². The number of esters is 1.